The fourth-order valence-electron chi connectivity index (χ4n) is 3.15. The van der Waals surface area contributed by atoms with E-state index in [4.69, 9.17) is 9.47 Å². The number of ether oxygens (including phenoxy) is 2. The number of aromatic nitrogens is 1. The smallest absolute Gasteiger partial charge is 0.211 e. The molecule has 3 rings (SSSR count). The maximum absolute atomic E-state index is 12.1. The van der Waals surface area contributed by atoms with Crippen molar-refractivity contribution in [1.82, 2.24) is 9.71 Å². The summed E-state index contributed by atoms with van der Waals surface area (Å²) in [6.45, 7) is 3.33. The summed E-state index contributed by atoms with van der Waals surface area (Å²) < 4.78 is 38.4. The lowest BCUT2D eigenvalue weighted by Crippen LogP contribution is -2.48. The van der Waals surface area contributed by atoms with Crippen LogP contribution in [0.1, 0.15) is 19.8 Å². The van der Waals surface area contributed by atoms with Crippen molar-refractivity contribution < 1.29 is 17.9 Å². The van der Waals surface area contributed by atoms with Crippen LogP contribution in [0.5, 0.6) is 5.75 Å². The molecule has 1 saturated heterocycles. The Kier molecular flexibility index (Phi) is 6.82. The van der Waals surface area contributed by atoms with Crippen LogP contribution in [0.25, 0.3) is 11.1 Å². The third-order valence-electron chi connectivity index (χ3n) is 4.59. The van der Waals surface area contributed by atoms with Crippen LogP contribution in [-0.2, 0) is 14.8 Å². The predicted octanol–water partition coefficient (Wildman–Crippen LogP) is 2.86. The number of nitrogens with one attached hydrogen (secondary N) is 1. The van der Waals surface area contributed by atoms with E-state index in [9.17, 15) is 8.42 Å². The Bertz CT molecular complexity index is 810. The van der Waals surface area contributed by atoms with Crippen molar-refractivity contribution >= 4 is 10.0 Å². The third kappa shape index (κ3) is 5.76. The number of hydrogen-bond donors (Lipinski definition) is 1. The zero-order chi connectivity index (χ0) is 19.1. The molecular weight excluding hydrogens is 364 g/mol. The number of nitrogens with zero attached hydrogens (tertiary/aromatic N) is 1. The first-order valence-corrected chi connectivity index (χ1v) is 10.9. The van der Waals surface area contributed by atoms with Gasteiger partial charge in [-0.25, -0.2) is 13.1 Å². The molecule has 0 radical (unpaired) electrons. The Hall–Kier alpha value is -1.96. The molecule has 2 aromatic rings. The van der Waals surface area contributed by atoms with E-state index < -0.39 is 10.0 Å². The molecule has 2 atom stereocenters. The number of pyridine rings is 1. The lowest BCUT2D eigenvalue weighted by atomic mass is 9.98. The number of benzene rings is 1. The fraction of sp³-hybridized carbons (Fsp3) is 0.450. The molecule has 0 aliphatic carbocycles. The molecule has 0 unspecified atom stereocenters. The Morgan fingerprint density at radius 2 is 2.04 bits per heavy atom. The van der Waals surface area contributed by atoms with Gasteiger partial charge in [-0.3, -0.25) is 4.98 Å². The van der Waals surface area contributed by atoms with Crippen LogP contribution in [0.2, 0.25) is 0 Å². The molecule has 1 aromatic heterocycles. The standard InChI is InChI=1S/C20H26N2O4S/c1-2-12-27(23,24)22-20-9-11-25-14-18(20)15-26-19-7-5-16(6-8-19)17-4-3-10-21-13-17/h3-8,10,13,18,20,22H,2,9,11-12,14-15H2,1H3/t18-,20+/m1/s1. The van der Waals surface area contributed by atoms with Crippen LogP contribution in [0, 0.1) is 5.92 Å². The first-order valence-electron chi connectivity index (χ1n) is 9.28. The van der Waals surface area contributed by atoms with E-state index in [2.05, 4.69) is 9.71 Å². The van der Waals surface area contributed by atoms with Gasteiger partial charge in [0.05, 0.1) is 19.0 Å². The number of rotatable bonds is 8. The number of hydrogen-bond acceptors (Lipinski definition) is 5. The molecule has 1 fully saturated rings. The fourth-order valence-corrected chi connectivity index (χ4v) is 4.58. The molecule has 1 aliphatic rings. The van der Waals surface area contributed by atoms with E-state index in [-0.39, 0.29) is 17.7 Å². The highest BCUT2D eigenvalue weighted by atomic mass is 32.2. The second kappa shape index (κ2) is 9.30. The quantitative estimate of drug-likeness (QED) is 0.750. The molecule has 0 saturated carbocycles. The Morgan fingerprint density at radius 3 is 2.74 bits per heavy atom. The van der Waals surface area contributed by atoms with Gasteiger partial charge in [0, 0.05) is 31.0 Å². The van der Waals surface area contributed by atoms with E-state index in [0.29, 0.717) is 32.7 Å². The van der Waals surface area contributed by atoms with Gasteiger partial charge in [0.15, 0.2) is 0 Å². The lowest BCUT2D eigenvalue weighted by Gasteiger charge is -2.31. The van der Waals surface area contributed by atoms with E-state index in [1.165, 1.54) is 0 Å². The summed E-state index contributed by atoms with van der Waals surface area (Å²) in [6, 6.07) is 11.6. The molecule has 7 heteroatoms. The molecule has 146 valence electrons. The summed E-state index contributed by atoms with van der Waals surface area (Å²) in [5.74, 6) is 0.889. The summed E-state index contributed by atoms with van der Waals surface area (Å²) in [4.78, 5) is 4.13. The highest BCUT2D eigenvalue weighted by molar-refractivity contribution is 7.89. The maximum Gasteiger partial charge on any atom is 0.211 e. The van der Waals surface area contributed by atoms with E-state index in [1.807, 2.05) is 49.5 Å². The monoisotopic (exact) mass is 390 g/mol. The maximum atomic E-state index is 12.1. The molecule has 0 spiro atoms. The SMILES string of the molecule is CCCS(=O)(=O)N[C@H]1CCOC[C@@H]1COc1ccc(-c2cccnc2)cc1. The van der Waals surface area contributed by atoms with Gasteiger partial charge in [0.1, 0.15) is 5.75 Å². The molecule has 1 aliphatic heterocycles. The third-order valence-corrected chi connectivity index (χ3v) is 6.20. The van der Waals surface area contributed by atoms with Crippen LogP contribution in [0.15, 0.2) is 48.8 Å². The largest absolute Gasteiger partial charge is 0.493 e. The summed E-state index contributed by atoms with van der Waals surface area (Å²) in [6.07, 6.45) is 4.83. The first kappa shape index (κ1) is 19.8. The summed E-state index contributed by atoms with van der Waals surface area (Å²) in [5, 5.41) is 0. The van der Waals surface area contributed by atoms with Crippen LogP contribution < -0.4 is 9.46 Å². The van der Waals surface area contributed by atoms with Gasteiger partial charge in [0.25, 0.3) is 0 Å². The molecule has 0 bridgehead atoms. The van der Waals surface area contributed by atoms with Crippen molar-refractivity contribution in [1.29, 1.82) is 0 Å². The van der Waals surface area contributed by atoms with Gasteiger partial charge < -0.3 is 9.47 Å². The van der Waals surface area contributed by atoms with Gasteiger partial charge in [-0.15, -0.1) is 0 Å². The molecule has 0 amide bonds. The molecule has 1 aromatic carbocycles. The van der Waals surface area contributed by atoms with Crippen molar-refractivity contribution in [3.8, 4) is 16.9 Å². The topological polar surface area (TPSA) is 77.5 Å². The van der Waals surface area contributed by atoms with Crippen molar-refractivity contribution in [3.05, 3.63) is 48.8 Å². The van der Waals surface area contributed by atoms with Gasteiger partial charge in [-0.05, 0) is 42.2 Å². The summed E-state index contributed by atoms with van der Waals surface area (Å²) >= 11 is 0. The van der Waals surface area contributed by atoms with Gasteiger partial charge in [-0.2, -0.15) is 0 Å². The summed E-state index contributed by atoms with van der Waals surface area (Å²) in [7, 11) is -3.25. The van der Waals surface area contributed by atoms with Gasteiger partial charge >= 0.3 is 0 Å². The Balaban J connectivity index is 1.59. The van der Waals surface area contributed by atoms with Crippen molar-refractivity contribution in [2.45, 2.75) is 25.8 Å². The highest BCUT2D eigenvalue weighted by Crippen LogP contribution is 2.23. The lowest BCUT2D eigenvalue weighted by molar-refractivity contribution is 0.0186. The van der Waals surface area contributed by atoms with Crippen LogP contribution >= 0.6 is 0 Å². The minimum Gasteiger partial charge on any atom is -0.493 e. The van der Waals surface area contributed by atoms with Gasteiger partial charge in [0.2, 0.25) is 10.0 Å². The van der Waals surface area contributed by atoms with E-state index >= 15 is 0 Å². The van der Waals surface area contributed by atoms with Crippen LogP contribution in [0.4, 0.5) is 0 Å². The average Bonchev–Trinajstić information content (AvgIpc) is 2.68. The predicted molar refractivity (Wildman–Crippen MR) is 105 cm³/mol. The Labute approximate surface area is 161 Å². The van der Waals surface area contributed by atoms with Crippen LogP contribution in [-0.4, -0.2) is 45.0 Å². The van der Waals surface area contributed by atoms with Crippen molar-refractivity contribution in [2.24, 2.45) is 5.92 Å². The average molecular weight is 391 g/mol. The van der Waals surface area contributed by atoms with E-state index in [1.54, 1.807) is 6.20 Å². The second-order valence-corrected chi connectivity index (χ2v) is 8.62. The molecular formula is C20H26N2O4S. The summed E-state index contributed by atoms with van der Waals surface area (Å²) in [5.41, 5.74) is 2.12. The molecule has 2 heterocycles. The Morgan fingerprint density at radius 1 is 1.22 bits per heavy atom. The van der Waals surface area contributed by atoms with E-state index in [0.717, 1.165) is 16.9 Å². The minimum atomic E-state index is -3.25. The van der Waals surface area contributed by atoms with Gasteiger partial charge in [-0.1, -0.05) is 25.1 Å². The second-order valence-electron chi connectivity index (χ2n) is 6.74. The number of sulfonamides is 1. The normalized spacial score (nSPS) is 20.3. The van der Waals surface area contributed by atoms with Crippen molar-refractivity contribution in [2.75, 3.05) is 25.6 Å². The molecule has 6 nitrogen and oxygen atoms in total. The van der Waals surface area contributed by atoms with Crippen LogP contribution in [0.3, 0.4) is 0 Å². The zero-order valence-electron chi connectivity index (χ0n) is 15.5. The van der Waals surface area contributed by atoms with Crippen molar-refractivity contribution in [3.63, 3.8) is 0 Å². The zero-order valence-corrected chi connectivity index (χ0v) is 16.3. The first-order chi connectivity index (χ1) is 13.1. The molecule has 1 N–H and O–H groups in total. The minimum absolute atomic E-state index is 0.0108. The molecule has 27 heavy (non-hydrogen) atoms. The highest BCUT2D eigenvalue weighted by Gasteiger charge is 2.29.